The number of aliphatic carboxylic acids is 1. The second-order valence-electron chi connectivity index (χ2n) is 2.90. The monoisotopic (exact) mass is 283 g/mol. The first-order chi connectivity index (χ1) is 8.31. The Morgan fingerprint density at radius 2 is 1.83 bits per heavy atom. The van der Waals surface area contributed by atoms with Crippen molar-refractivity contribution in [3.05, 3.63) is 12.2 Å². The Morgan fingerprint density at radius 1 is 1.17 bits per heavy atom. The molecule has 0 bridgehead atoms. The zero-order chi connectivity index (χ0) is 14.0. The Hall–Kier alpha value is -1.25. The lowest BCUT2D eigenvalue weighted by Crippen LogP contribution is -2.26. The minimum absolute atomic E-state index is 0.0358. The van der Waals surface area contributed by atoms with Crippen molar-refractivity contribution in [2.45, 2.75) is 0 Å². The first-order valence-electron chi connectivity index (χ1n) is 4.78. The number of phosphoric acid groups is 1. The van der Waals surface area contributed by atoms with E-state index in [1.807, 2.05) is 0 Å². The minimum Gasteiger partial charge on any atom is -0.478 e. The van der Waals surface area contributed by atoms with E-state index in [1.54, 1.807) is 0 Å². The van der Waals surface area contributed by atoms with Crippen molar-refractivity contribution in [3.8, 4) is 0 Å². The normalized spacial score (nSPS) is 11.7. The molecule has 4 N–H and O–H groups in total. The standard InChI is InChI=1S/C8H14NO8P/c10-7(1-2-8(11)12)9-3-4-16-5-6-17-18(13,14)15/h1-2H,3-6H2,(H,9,10)(H,11,12)(H2,13,14,15)/b2-1-. The molecular formula is C8H14NO8P. The van der Waals surface area contributed by atoms with Crippen LogP contribution in [0.2, 0.25) is 0 Å². The van der Waals surface area contributed by atoms with Crippen LogP contribution in [0.1, 0.15) is 0 Å². The van der Waals surface area contributed by atoms with E-state index in [-0.39, 0.29) is 26.4 Å². The van der Waals surface area contributed by atoms with Crippen molar-refractivity contribution < 1.29 is 38.3 Å². The summed E-state index contributed by atoms with van der Waals surface area (Å²) >= 11 is 0. The van der Waals surface area contributed by atoms with Gasteiger partial charge in [0.25, 0.3) is 0 Å². The molecule has 0 saturated heterocycles. The third-order valence-electron chi connectivity index (χ3n) is 1.41. The molecule has 0 aliphatic carbocycles. The first kappa shape index (κ1) is 16.8. The van der Waals surface area contributed by atoms with E-state index < -0.39 is 19.7 Å². The number of phosphoric ester groups is 1. The van der Waals surface area contributed by atoms with E-state index in [0.29, 0.717) is 6.08 Å². The number of nitrogens with one attached hydrogen (secondary N) is 1. The van der Waals surface area contributed by atoms with Gasteiger partial charge in [0.05, 0.1) is 19.8 Å². The van der Waals surface area contributed by atoms with Crippen molar-refractivity contribution in [3.63, 3.8) is 0 Å². The topological polar surface area (TPSA) is 142 Å². The van der Waals surface area contributed by atoms with Gasteiger partial charge in [0.2, 0.25) is 5.91 Å². The molecule has 0 aromatic rings. The second-order valence-corrected chi connectivity index (χ2v) is 4.14. The summed E-state index contributed by atoms with van der Waals surface area (Å²) in [6.45, 7) is -0.0566. The van der Waals surface area contributed by atoms with Gasteiger partial charge >= 0.3 is 13.8 Å². The average Bonchev–Trinajstić information content (AvgIpc) is 2.23. The van der Waals surface area contributed by atoms with E-state index >= 15 is 0 Å². The SMILES string of the molecule is O=C(O)/C=C\C(=O)NCCOCCOP(=O)(O)O. The number of ether oxygens (including phenoxy) is 1. The number of carbonyl (C=O) groups is 2. The Labute approximate surface area is 103 Å². The van der Waals surface area contributed by atoms with Crippen molar-refractivity contribution in [2.75, 3.05) is 26.4 Å². The molecule has 0 radical (unpaired) electrons. The van der Waals surface area contributed by atoms with E-state index in [4.69, 9.17) is 19.6 Å². The van der Waals surface area contributed by atoms with Gasteiger partial charge in [-0.1, -0.05) is 0 Å². The largest absolute Gasteiger partial charge is 0.478 e. The molecule has 1 amide bonds. The molecule has 0 aliphatic heterocycles. The highest BCUT2D eigenvalue weighted by atomic mass is 31.2. The van der Waals surface area contributed by atoms with E-state index in [9.17, 15) is 14.2 Å². The van der Waals surface area contributed by atoms with Crippen molar-refractivity contribution >= 4 is 19.7 Å². The maximum absolute atomic E-state index is 10.9. The van der Waals surface area contributed by atoms with Crippen LogP contribution in [0.15, 0.2) is 12.2 Å². The van der Waals surface area contributed by atoms with Crippen molar-refractivity contribution in [1.82, 2.24) is 5.32 Å². The van der Waals surface area contributed by atoms with Crippen molar-refractivity contribution in [1.29, 1.82) is 0 Å². The van der Waals surface area contributed by atoms with Gasteiger partial charge in [-0.05, 0) is 0 Å². The first-order valence-corrected chi connectivity index (χ1v) is 6.31. The molecule has 0 atom stereocenters. The molecule has 104 valence electrons. The summed E-state index contributed by atoms with van der Waals surface area (Å²) in [6, 6.07) is 0. The smallest absolute Gasteiger partial charge is 0.469 e. The van der Waals surface area contributed by atoms with E-state index in [1.165, 1.54) is 0 Å². The van der Waals surface area contributed by atoms with Crippen LogP contribution in [0.3, 0.4) is 0 Å². The minimum atomic E-state index is -4.47. The average molecular weight is 283 g/mol. The maximum atomic E-state index is 10.9. The van der Waals surface area contributed by atoms with Crippen molar-refractivity contribution in [2.24, 2.45) is 0 Å². The van der Waals surface area contributed by atoms with Gasteiger partial charge in [-0.25, -0.2) is 9.36 Å². The highest BCUT2D eigenvalue weighted by Gasteiger charge is 2.12. The van der Waals surface area contributed by atoms with Crippen LogP contribution in [0.5, 0.6) is 0 Å². The summed E-state index contributed by atoms with van der Waals surface area (Å²) in [7, 11) is -4.47. The van der Waals surface area contributed by atoms with Crippen LogP contribution in [-0.4, -0.2) is 53.1 Å². The zero-order valence-electron chi connectivity index (χ0n) is 9.31. The van der Waals surface area contributed by atoms with Gasteiger partial charge in [0.1, 0.15) is 0 Å². The molecule has 0 spiro atoms. The van der Waals surface area contributed by atoms with Gasteiger partial charge in [-0.3, -0.25) is 9.32 Å². The summed E-state index contributed by atoms with van der Waals surface area (Å²) in [5.41, 5.74) is 0. The van der Waals surface area contributed by atoms with Crippen LogP contribution in [0.4, 0.5) is 0 Å². The number of hydrogen-bond donors (Lipinski definition) is 4. The maximum Gasteiger partial charge on any atom is 0.469 e. The number of carboxylic acids is 1. The highest BCUT2D eigenvalue weighted by Crippen LogP contribution is 2.35. The lowest BCUT2D eigenvalue weighted by Gasteiger charge is -2.06. The van der Waals surface area contributed by atoms with Gasteiger partial charge in [0, 0.05) is 18.7 Å². The molecule has 10 heteroatoms. The van der Waals surface area contributed by atoms with E-state index in [2.05, 4.69) is 9.84 Å². The van der Waals surface area contributed by atoms with Gasteiger partial charge in [0.15, 0.2) is 0 Å². The third kappa shape index (κ3) is 12.8. The number of carbonyl (C=O) groups excluding carboxylic acids is 1. The molecule has 9 nitrogen and oxygen atoms in total. The molecule has 0 aromatic carbocycles. The molecule has 0 heterocycles. The predicted octanol–water partition coefficient (Wildman–Crippen LogP) is -1.13. The van der Waals surface area contributed by atoms with Crippen LogP contribution in [-0.2, 0) is 23.4 Å². The highest BCUT2D eigenvalue weighted by molar-refractivity contribution is 7.46. The molecule has 0 saturated carbocycles. The number of hydrogen-bond acceptors (Lipinski definition) is 5. The van der Waals surface area contributed by atoms with Crippen LogP contribution < -0.4 is 5.32 Å². The summed E-state index contributed by atoms with van der Waals surface area (Å²) in [5.74, 6) is -1.80. The quantitative estimate of drug-likeness (QED) is 0.236. The summed E-state index contributed by atoms with van der Waals surface area (Å²) in [4.78, 5) is 37.6. The molecule has 0 aliphatic rings. The third-order valence-corrected chi connectivity index (χ3v) is 1.93. The number of carboxylic acid groups (broad SMARTS) is 1. The van der Waals surface area contributed by atoms with E-state index in [0.717, 1.165) is 6.08 Å². The van der Waals surface area contributed by atoms with Crippen LogP contribution >= 0.6 is 7.82 Å². The Morgan fingerprint density at radius 3 is 2.39 bits per heavy atom. The zero-order valence-corrected chi connectivity index (χ0v) is 10.2. The lowest BCUT2D eigenvalue weighted by molar-refractivity contribution is -0.131. The lowest BCUT2D eigenvalue weighted by atomic mass is 10.4. The fourth-order valence-electron chi connectivity index (χ4n) is 0.769. The number of amides is 1. The molecule has 0 unspecified atom stereocenters. The second kappa shape index (κ2) is 8.78. The Bertz CT molecular complexity index is 349. The Kier molecular flexibility index (Phi) is 8.17. The fraction of sp³-hybridized carbons (Fsp3) is 0.500. The molecule has 0 rings (SSSR count). The van der Waals surface area contributed by atoms with Gasteiger partial charge < -0.3 is 24.9 Å². The van der Waals surface area contributed by atoms with Gasteiger partial charge in [-0.15, -0.1) is 0 Å². The van der Waals surface area contributed by atoms with Crippen LogP contribution in [0, 0.1) is 0 Å². The summed E-state index contributed by atoms with van der Waals surface area (Å²) < 4.78 is 19.2. The fourth-order valence-corrected chi connectivity index (χ4v) is 1.08. The summed E-state index contributed by atoms with van der Waals surface area (Å²) in [5, 5.41) is 10.6. The van der Waals surface area contributed by atoms with Crippen LogP contribution in [0.25, 0.3) is 0 Å². The molecular weight excluding hydrogens is 269 g/mol. The number of rotatable bonds is 9. The predicted molar refractivity (Wildman–Crippen MR) is 58.6 cm³/mol. The molecule has 18 heavy (non-hydrogen) atoms. The molecule has 0 fully saturated rings. The van der Waals surface area contributed by atoms with Gasteiger partial charge in [-0.2, -0.15) is 0 Å². The molecule has 0 aromatic heterocycles. The Balaban J connectivity index is 3.43. The summed E-state index contributed by atoms with van der Waals surface area (Å²) in [6.07, 6.45) is 1.56.